The van der Waals surface area contributed by atoms with E-state index in [1.165, 1.54) is 6.92 Å². The van der Waals surface area contributed by atoms with Crippen LogP contribution in [0.1, 0.15) is 6.92 Å². The van der Waals surface area contributed by atoms with Crippen LogP contribution in [0.5, 0.6) is 0 Å². The van der Waals surface area contributed by atoms with Crippen molar-refractivity contribution in [3.8, 4) is 0 Å². The number of halogens is 3. The molecule has 0 heterocycles. The standard InChI is InChI=1S/C10H12F3N3O4S/c1-2-15(6-10(11,12)13)21(19,20)7-3-4-9(16(17)18)8(14)5-7/h3-5H,2,6,14H2,1H3. The number of nitrogens with two attached hydrogens (primary N) is 1. The molecule has 1 aromatic rings. The SMILES string of the molecule is CCN(CC(F)(F)F)S(=O)(=O)c1ccc([N+](=O)[O-])c(N)c1. The molecule has 0 saturated heterocycles. The lowest BCUT2D eigenvalue weighted by atomic mass is 10.3. The number of hydrogen-bond acceptors (Lipinski definition) is 5. The van der Waals surface area contributed by atoms with Crippen LogP contribution in [0.25, 0.3) is 0 Å². The van der Waals surface area contributed by atoms with E-state index in [1.807, 2.05) is 0 Å². The van der Waals surface area contributed by atoms with Gasteiger partial charge in [0, 0.05) is 12.6 Å². The number of sulfonamides is 1. The van der Waals surface area contributed by atoms with E-state index < -0.39 is 50.5 Å². The Morgan fingerprint density at radius 3 is 2.33 bits per heavy atom. The lowest BCUT2D eigenvalue weighted by Crippen LogP contribution is -2.38. The summed E-state index contributed by atoms with van der Waals surface area (Å²) in [6.07, 6.45) is -4.70. The molecule has 1 aromatic carbocycles. The zero-order valence-electron chi connectivity index (χ0n) is 10.8. The molecule has 0 spiro atoms. The van der Waals surface area contributed by atoms with Crippen LogP contribution in [0.3, 0.4) is 0 Å². The van der Waals surface area contributed by atoms with Crippen molar-refractivity contribution >= 4 is 21.4 Å². The van der Waals surface area contributed by atoms with E-state index in [9.17, 15) is 31.7 Å². The van der Waals surface area contributed by atoms with Gasteiger partial charge in [-0.05, 0) is 12.1 Å². The fraction of sp³-hybridized carbons (Fsp3) is 0.400. The van der Waals surface area contributed by atoms with Gasteiger partial charge < -0.3 is 5.73 Å². The summed E-state index contributed by atoms with van der Waals surface area (Å²) < 4.78 is 61.5. The highest BCUT2D eigenvalue weighted by Gasteiger charge is 2.36. The molecule has 0 aliphatic rings. The van der Waals surface area contributed by atoms with Crippen LogP contribution in [-0.2, 0) is 10.0 Å². The van der Waals surface area contributed by atoms with Gasteiger partial charge in [0.25, 0.3) is 5.69 Å². The Hall–Kier alpha value is -1.88. The molecule has 0 amide bonds. The molecule has 2 N–H and O–H groups in total. The molecule has 0 saturated carbocycles. The lowest BCUT2D eigenvalue weighted by molar-refractivity contribution is -0.383. The summed E-state index contributed by atoms with van der Waals surface area (Å²) in [7, 11) is -4.44. The van der Waals surface area contributed by atoms with Gasteiger partial charge in [0.05, 0.1) is 9.82 Å². The zero-order chi connectivity index (χ0) is 16.4. The van der Waals surface area contributed by atoms with Crippen molar-refractivity contribution in [3.63, 3.8) is 0 Å². The highest BCUT2D eigenvalue weighted by atomic mass is 32.2. The minimum Gasteiger partial charge on any atom is -0.393 e. The van der Waals surface area contributed by atoms with Gasteiger partial charge >= 0.3 is 6.18 Å². The van der Waals surface area contributed by atoms with Crippen molar-refractivity contribution in [2.75, 3.05) is 18.8 Å². The minimum atomic E-state index is -4.70. The van der Waals surface area contributed by atoms with Crippen LogP contribution in [0.4, 0.5) is 24.5 Å². The van der Waals surface area contributed by atoms with Crippen molar-refractivity contribution < 1.29 is 26.5 Å². The number of rotatable bonds is 5. The normalized spacial score (nSPS) is 12.6. The average molecular weight is 327 g/mol. The number of hydrogen-bond donors (Lipinski definition) is 1. The topological polar surface area (TPSA) is 107 Å². The third-order valence-corrected chi connectivity index (χ3v) is 4.46. The third-order valence-electron chi connectivity index (χ3n) is 2.54. The molecule has 0 aliphatic heterocycles. The number of nitrogens with zero attached hydrogens (tertiary/aromatic N) is 2. The largest absolute Gasteiger partial charge is 0.402 e. The van der Waals surface area contributed by atoms with Gasteiger partial charge in [-0.1, -0.05) is 6.92 Å². The first-order valence-electron chi connectivity index (χ1n) is 5.60. The van der Waals surface area contributed by atoms with Gasteiger partial charge in [-0.2, -0.15) is 17.5 Å². The highest BCUT2D eigenvalue weighted by molar-refractivity contribution is 7.89. The molecule has 11 heteroatoms. The molecule has 7 nitrogen and oxygen atoms in total. The summed E-state index contributed by atoms with van der Waals surface area (Å²) in [6.45, 7) is -0.806. The molecule has 1 rings (SSSR count). The Morgan fingerprint density at radius 2 is 1.95 bits per heavy atom. The van der Waals surface area contributed by atoms with Crippen molar-refractivity contribution in [1.82, 2.24) is 4.31 Å². The molecule has 21 heavy (non-hydrogen) atoms. The summed E-state index contributed by atoms with van der Waals surface area (Å²) in [5.74, 6) is 0. The van der Waals surface area contributed by atoms with Crippen LogP contribution in [0.2, 0.25) is 0 Å². The summed E-state index contributed by atoms with van der Waals surface area (Å²) in [4.78, 5) is 9.23. The first kappa shape index (κ1) is 17.2. The highest BCUT2D eigenvalue weighted by Crippen LogP contribution is 2.27. The summed E-state index contributed by atoms with van der Waals surface area (Å²) in [6, 6.07) is 2.46. The number of alkyl halides is 3. The van der Waals surface area contributed by atoms with Crippen molar-refractivity contribution in [3.05, 3.63) is 28.3 Å². The molecule has 0 bridgehead atoms. The first-order valence-corrected chi connectivity index (χ1v) is 7.04. The van der Waals surface area contributed by atoms with Crippen LogP contribution in [0, 0.1) is 10.1 Å². The van der Waals surface area contributed by atoms with E-state index in [1.54, 1.807) is 0 Å². The maximum absolute atomic E-state index is 12.4. The van der Waals surface area contributed by atoms with Crippen LogP contribution in [0.15, 0.2) is 23.1 Å². The first-order chi connectivity index (χ1) is 9.49. The Labute approximate surface area is 118 Å². The second-order valence-corrected chi connectivity index (χ2v) is 5.96. The zero-order valence-corrected chi connectivity index (χ0v) is 11.6. The van der Waals surface area contributed by atoms with Gasteiger partial charge in [-0.15, -0.1) is 0 Å². The molecule has 118 valence electrons. The number of benzene rings is 1. The molecule has 0 atom stereocenters. The molecule has 0 aromatic heterocycles. The van der Waals surface area contributed by atoms with Crippen LogP contribution in [-0.4, -0.2) is 36.9 Å². The predicted octanol–water partition coefficient (Wildman–Crippen LogP) is 1.75. The van der Waals surface area contributed by atoms with Gasteiger partial charge in [-0.25, -0.2) is 8.42 Å². The fourth-order valence-corrected chi connectivity index (χ4v) is 3.05. The summed E-state index contributed by atoms with van der Waals surface area (Å²) in [5.41, 5.74) is 4.38. The number of nitrogen functional groups attached to an aromatic ring is 1. The van der Waals surface area contributed by atoms with E-state index in [-0.39, 0.29) is 4.31 Å². The number of nitro benzene ring substituents is 1. The van der Waals surface area contributed by atoms with E-state index >= 15 is 0 Å². The quantitative estimate of drug-likeness (QED) is 0.504. The molecule has 0 unspecified atom stereocenters. The Bertz CT molecular complexity index is 645. The monoisotopic (exact) mass is 327 g/mol. The molecular formula is C10H12F3N3O4S. The Morgan fingerprint density at radius 1 is 1.38 bits per heavy atom. The number of anilines is 1. The Balaban J connectivity index is 3.23. The van der Waals surface area contributed by atoms with E-state index in [0.717, 1.165) is 18.2 Å². The Kier molecular flexibility index (Phi) is 4.79. The minimum absolute atomic E-state index is 0.216. The second-order valence-electron chi connectivity index (χ2n) is 4.02. The fourth-order valence-electron chi connectivity index (χ4n) is 1.58. The second kappa shape index (κ2) is 5.85. The average Bonchev–Trinajstić information content (AvgIpc) is 2.34. The maximum Gasteiger partial charge on any atom is 0.402 e. The van der Waals surface area contributed by atoms with Gasteiger partial charge in [-0.3, -0.25) is 10.1 Å². The van der Waals surface area contributed by atoms with E-state index in [0.29, 0.717) is 0 Å². The molecule has 0 radical (unpaired) electrons. The lowest BCUT2D eigenvalue weighted by Gasteiger charge is -2.21. The molecule has 0 fully saturated rings. The van der Waals surface area contributed by atoms with Gasteiger partial charge in [0.1, 0.15) is 12.2 Å². The predicted molar refractivity (Wildman–Crippen MR) is 68.0 cm³/mol. The van der Waals surface area contributed by atoms with Gasteiger partial charge in [0.15, 0.2) is 0 Å². The van der Waals surface area contributed by atoms with Crippen molar-refractivity contribution in [1.29, 1.82) is 0 Å². The third kappa shape index (κ3) is 4.04. The van der Waals surface area contributed by atoms with E-state index in [2.05, 4.69) is 0 Å². The van der Waals surface area contributed by atoms with Crippen LogP contribution >= 0.6 is 0 Å². The van der Waals surface area contributed by atoms with Crippen molar-refractivity contribution in [2.24, 2.45) is 0 Å². The molecule has 0 aliphatic carbocycles. The van der Waals surface area contributed by atoms with Crippen LogP contribution < -0.4 is 5.73 Å². The summed E-state index contributed by atoms with van der Waals surface area (Å²) >= 11 is 0. The summed E-state index contributed by atoms with van der Waals surface area (Å²) in [5, 5.41) is 10.6. The number of nitro groups is 1. The maximum atomic E-state index is 12.4. The van der Waals surface area contributed by atoms with E-state index in [4.69, 9.17) is 5.73 Å². The smallest absolute Gasteiger partial charge is 0.393 e. The van der Waals surface area contributed by atoms with Crippen molar-refractivity contribution in [2.45, 2.75) is 18.0 Å². The molecular weight excluding hydrogens is 315 g/mol. The van der Waals surface area contributed by atoms with Gasteiger partial charge in [0.2, 0.25) is 10.0 Å².